The van der Waals surface area contributed by atoms with Crippen molar-refractivity contribution in [3.8, 4) is 0 Å². The van der Waals surface area contributed by atoms with Crippen LogP contribution in [0.25, 0.3) is 0 Å². The maximum absolute atomic E-state index is 11.2. The molecular weight excluding hydrogens is 347 g/mol. The van der Waals surface area contributed by atoms with Gasteiger partial charge in [0.25, 0.3) is 0 Å². The Morgan fingerprint density at radius 3 is 1.12 bits per heavy atom. The first kappa shape index (κ1) is 19.4. The number of halogens is 9. The van der Waals surface area contributed by atoms with E-state index in [-0.39, 0.29) is 0 Å². The molecule has 0 aliphatic heterocycles. The van der Waals surface area contributed by atoms with Gasteiger partial charge in [-0.3, -0.25) is 0 Å². The molecule has 0 aromatic rings. The van der Waals surface area contributed by atoms with E-state index in [0.29, 0.717) is 0 Å². The second kappa shape index (κ2) is 7.45. The van der Waals surface area contributed by atoms with Crippen LogP contribution in [-0.2, 0) is 14.3 Å². The van der Waals surface area contributed by atoms with E-state index < -0.39 is 30.3 Å². The Morgan fingerprint density at radius 1 is 0.824 bits per heavy atom. The molecule has 0 bridgehead atoms. The van der Waals surface area contributed by atoms with Crippen LogP contribution in [0.1, 0.15) is 0 Å². The van der Waals surface area contributed by atoms with Gasteiger partial charge in [-0.15, -0.1) is 0 Å². The van der Waals surface area contributed by atoms with Gasteiger partial charge < -0.3 is 4.74 Å². The van der Waals surface area contributed by atoms with E-state index in [4.69, 9.17) is 33.7 Å². The summed E-state index contributed by atoms with van der Waals surface area (Å²) in [5.41, 5.74) is 0. The summed E-state index contributed by atoms with van der Waals surface area (Å²) in [6, 6.07) is 0. The fraction of sp³-hybridized carbons (Fsp3) is 0.500. The molecule has 0 saturated heterocycles. The van der Waals surface area contributed by atoms with Crippen molar-refractivity contribution in [2.75, 3.05) is 0 Å². The lowest BCUT2D eigenvalue weighted by molar-refractivity contribution is -0.221. The molecule has 0 rings (SSSR count). The highest BCUT2D eigenvalue weighted by Gasteiger charge is 2.49. The van der Waals surface area contributed by atoms with Gasteiger partial charge in [0.1, 0.15) is 0 Å². The Hall–Kier alpha value is 0.0200. The van der Waals surface area contributed by atoms with E-state index >= 15 is 0 Å². The van der Waals surface area contributed by atoms with Crippen molar-refractivity contribution in [3.05, 3.63) is 0 Å². The summed E-state index contributed by atoms with van der Waals surface area (Å²) in [5.74, 6) is -7.60. The lowest BCUT2D eigenvalue weighted by Crippen LogP contribution is -2.34. The number of ether oxygens (including phenoxy) is 1. The summed E-state index contributed by atoms with van der Waals surface area (Å²) < 4.78 is 69.7. The first-order valence-corrected chi connectivity index (χ1v) is 7.01. The minimum absolute atomic E-state index is 1.20. The number of hydrogen-bond acceptors (Lipinski definition) is 3. The van der Waals surface area contributed by atoms with Crippen molar-refractivity contribution in [3.63, 3.8) is 0 Å². The van der Waals surface area contributed by atoms with Gasteiger partial charge in [-0.05, 0) is 0 Å². The first-order chi connectivity index (χ1) is 7.28. The number of alkyl halides is 6. The van der Waals surface area contributed by atoms with E-state index in [2.05, 4.69) is 4.74 Å². The first-order valence-electron chi connectivity index (χ1n) is 2.96. The van der Waals surface area contributed by atoms with Crippen LogP contribution in [0.5, 0.6) is 0 Å². The summed E-state index contributed by atoms with van der Waals surface area (Å²) in [6.07, 6.45) is -11.2. The topological polar surface area (TPSA) is 43.4 Å². The highest BCUT2D eigenvalue weighted by Crippen LogP contribution is 2.51. The van der Waals surface area contributed by atoms with Crippen LogP contribution >= 0.6 is 39.7 Å². The molecule has 13 heteroatoms. The maximum Gasteiger partial charge on any atom is 0.491 e. The van der Waals surface area contributed by atoms with Crippen molar-refractivity contribution in [2.45, 2.75) is 12.4 Å². The fourth-order valence-electron chi connectivity index (χ4n) is 0.200. The number of carbonyl (C=O) groups is 2. The smallest absolute Gasteiger partial charge is 0.380 e. The largest absolute Gasteiger partial charge is 0.491 e. The molecule has 0 saturated carbocycles. The predicted molar refractivity (Wildman–Crippen MR) is 47.7 cm³/mol. The lowest BCUT2D eigenvalue weighted by Gasteiger charge is -2.06. The Bertz CT molecular complexity index is 250. The van der Waals surface area contributed by atoms with Crippen LogP contribution in [0.3, 0.4) is 0 Å². The molecule has 17 heavy (non-hydrogen) atoms. The van der Waals surface area contributed by atoms with Crippen LogP contribution in [0.15, 0.2) is 0 Å². The van der Waals surface area contributed by atoms with Gasteiger partial charge in [0, 0.05) is 0 Å². The monoisotopic (exact) mass is 346 g/mol. The Labute approximate surface area is 105 Å². The summed E-state index contributed by atoms with van der Waals surface area (Å²) in [5, 5.41) is 0. The molecule has 0 aliphatic carbocycles. The minimum Gasteiger partial charge on any atom is -0.380 e. The van der Waals surface area contributed by atoms with Crippen molar-refractivity contribution < 1.29 is 40.7 Å². The summed E-state index contributed by atoms with van der Waals surface area (Å²) >= 11 is 14.6. The highest BCUT2D eigenvalue weighted by atomic mass is 36.0. The molecule has 0 aliphatic rings. The summed E-state index contributed by atoms with van der Waals surface area (Å²) in [4.78, 5) is 19.3. The summed E-state index contributed by atoms with van der Waals surface area (Å²) in [7, 11) is 0. The van der Waals surface area contributed by atoms with E-state index in [1.165, 1.54) is 0 Å². The van der Waals surface area contributed by atoms with Crippen molar-refractivity contribution >= 4 is 51.6 Å². The number of carbonyl (C=O) groups excluding carboxylic acids is 2. The van der Waals surface area contributed by atoms with E-state index in [9.17, 15) is 35.9 Å². The fourth-order valence-corrected chi connectivity index (χ4v) is 0.200. The highest BCUT2D eigenvalue weighted by molar-refractivity contribution is 8.20. The SMILES string of the molecule is ClP(Cl)Cl.O=C(OC(=O)C(F)(F)F)C(F)(F)F. The van der Waals surface area contributed by atoms with Crippen LogP contribution in [0.4, 0.5) is 26.3 Å². The molecule has 0 aromatic carbocycles. The van der Waals surface area contributed by atoms with Crippen molar-refractivity contribution in [1.82, 2.24) is 0 Å². The van der Waals surface area contributed by atoms with Gasteiger partial charge in [-0.2, -0.15) is 26.3 Å². The number of esters is 2. The molecule has 0 spiro atoms. The zero-order valence-electron chi connectivity index (χ0n) is 7.07. The number of hydrogen-bond donors (Lipinski definition) is 0. The molecular formula is C4Cl3F6O3P. The molecule has 0 atom stereocenters. The Morgan fingerprint density at radius 2 is 1.00 bits per heavy atom. The average molecular weight is 347 g/mol. The lowest BCUT2D eigenvalue weighted by atomic mass is 10.6. The minimum atomic E-state index is -5.62. The standard InChI is InChI=1S/C4F6O3.Cl3P/c5-3(6,7)1(11)13-2(12)4(8,9)10;1-4(2)3. The second-order valence-electron chi connectivity index (χ2n) is 1.86. The van der Waals surface area contributed by atoms with Gasteiger partial charge in [-0.25, -0.2) is 9.59 Å². The molecule has 102 valence electrons. The van der Waals surface area contributed by atoms with Crippen LogP contribution < -0.4 is 0 Å². The average Bonchev–Trinajstić information content (AvgIpc) is 1.98. The molecule has 0 N–H and O–H groups in total. The van der Waals surface area contributed by atoms with Gasteiger partial charge in [0.05, 0.1) is 0 Å². The van der Waals surface area contributed by atoms with Crippen LogP contribution in [0.2, 0.25) is 0 Å². The van der Waals surface area contributed by atoms with Gasteiger partial charge in [0.15, 0.2) is 5.98 Å². The number of rotatable bonds is 0. The molecule has 3 nitrogen and oxygen atoms in total. The normalized spacial score (nSPS) is 11.6. The quantitative estimate of drug-likeness (QED) is 0.287. The zero-order chi connectivity index (χ0) is 14.4. The molecule has 0 heterocycles. The van der Waals surface area contributed by atoms with Gasteiger partial charge in [0.2, 0.25) is 0 Å². The van der Waals surface area contributed by atoms with E-state index in [0.717, 1.165) is 0 Å². The maximum atomic E-state index is 11.2. The molecule has 0 fully saturated rings. The van der Waals surface area contributed by atoms with Crippen molar-refractivity contribution in [1.29, 1.82) is 0 Å². The molecule has 0 unspecified atom stereocenters. The third-order valence-corrected chi connectivity index (χ3v) is 0.648. The van der Waals surface area contributed by atoms with Crippen LogP contribution in [0, 0.1) is 0 Å². The van der Waals surface area contributed by atoms with E-state index in [1.54, 1.807) is 0 Å². The second-order valence-corrected chi connectivity index (χ2v) is 6.85. The van der Waals surface area contributed by atoms with Crippen LogP contribution in [-0.4, -0.2) is 24.3 Å². The van der Waals surface area contributed by atoms with E-state index in [1.807, 2.05) is 0 Å². The molecule has 0 radical (unpaired) electrons. The third-order valence-electron chi connectivity index (χ3n) is 0.648. The summed E-state index contributed by atoms with van der Waals surface area (Å²) in [6.45, 7) is 0. The van der Waals surface area contributed by atoms with Crippen molar-refractivity contribution in [2.24, 2.45) is 0 Å². The zero-order valence-corrected chi connectivity index (χ0v) is 10.2. The Kier molecular flexibility index (Phi) is 8.49. The van der Waals surface area contributed by atoms with Gasteiger partial charge in [-0.1, -0.05) is 33.7 Å². The van der Waals surface area contributed by atoms with Gasteiger partial charge >= 0.3 is 24.3 Å². The molecule has 0 amide bonds. The molecule has 0 aromatic heterocycles. The third kappa shape index (κ3) is 12.3. The predicted octanol–water partition coefficient (Wildman–Crippen LogP) is 4.11. The Balaban J connectivity index is 0.